The molecule has 1 unspecified atom stereocenters. The number of halogens is 1. The number of fused-ring (bicyclic) bond motifs is 1. The average Bonchev–Trinajstić information content (AvgIpc) is 2.88. The van der Waals surface area contributed by atoms with Gasteiger partial charge in [0.25, 0.3) is 5.91 Å². The molecule has 1 amide bonds. The number of carbonyl (C=O) groups is 2. The van der Waals surface area contributed by atoms with Crippen LogP contribution in [0.2, 0.25) is 5.02 Å². The van der Waals surface area contributed by atoms with Crippen molar-refractivity contribution in [1.82, 2.24) is 0 Å². The van der Waals surface area contributed by atoms with Crippen LogP contribution in [0.15, 0.2) is 83.9 Å². The first-order valence-corrected chi connectivity index (χ1v) is 9.65. The van der Waals surface area contributed by atoms with E-state index < -0.39 is 17.9 Å². The van der Waals surface area contributed by atoms with Gasteiger partial charge in [0.1, 0.15) is 6.61 Å². The number of nitrogens with zero attached hydrogens (tertiary/aromatic N) is 2. The van der Waals surface area contributed by atoms with Crippen molar-refractivity contribution in [2.75, 3.05) is 5.01 Å². The maximum atomic E-state index is 13.0. The number of benzodiazepines with no additional fused rings is 1. The van der Waals surface area contributed by atoms with Crippen LogP contribution in [0.4, 0.5) is 5.69 Å². The number of hydrogen-bond acceptors (Lipinski definition) is 5. The van der Waals surface area contributed by atoms with Gasteiger partial charge in [-0.15, -0.1) is 0 Å². The maximum absolute atomic E-state index is 13.0. The quantitative estimate of drug-likeness (QED) is 0.303. The van der Waals surface area contributed by atoms with Crippen molar-refractivity contribution < 1.29 is 14.3 Å². The first-order chi connectivity index (χ1) is 14.5. The highest BCUT2D eigenvalue weighted by atomic mass is 35.5. The average molecular weight is 420 g/mol. The molecule has 2 N–H and O–H groups in total. The molecule has 1 atom stereocenters. The molecule has 1 aliphatic heterocycles. The van der Waals surface area contributed by atoms with Gasteiger partial charge in [-0.2, -0.15) is 0 Å². The van der Waals surface area contributed by atoms with E-state index in [1.165, 1.54) is 0 Å². The minimum Gasteiger partial charge on any atom is -0.459 e. The van der Waals surface area contributed by atoms with Crippen LogP contribution >= 0.6 is 11.6 Å². The lowest BCUT2D eigenvalue weighted by molar-refractivity contribution is -0.149. The second-order valence-corrected chi connectivity index (χ2v) is 7.15. The van der Waals surface area contributed by atoms with E-state index in [-0.39, 0.29) is 6.61 Å². The molecule has 0 aromatic heterocycles. The Morgan fingerprint density at radius 2 is 1.70 bits per heavy atom. The third kappa shape index (κ3) is 3.96. The fraction of sp³-hybridized carbons (Fsp3) is 0.0870. The number of esters is 1. The van der Waals surface area contributed by atoms with Gasteiger partial charge in [-0.3, -0.25) is 9.79 Å². The molecule has 1 heterocycles. The van der Waals surface area contributed by atoms with Crippen molar-refractivity contribution in [3.8, 4) is 0 Å². The standard InChI is InChI=1S/C23H18ClN3O3/c24-17-11-12-19-18(13-17)20(16-9-5-2-6-10-16)26-21(22(28)27(19)25)23(29)30-14-15-7-3-1-4-8-15/h1-13,21H,14,25H2. The molecule has 0 saturated heterocycles. The minimum absolute atomic E-state index is 0.0307. The Kier molecular flexibility index (Phi) is 5.61. The molecule has 0 bridgehead atoms. The highest BCUT2D eigenvalue weighted by Gasteiger charge is 2.36. The van der Waals surface area contributed by atoms with Crippen molar-refractivity contribution in [2.24, 2.45) is 10.8 Å². The van der Waals surface area contributed by atoms with E-state index in [2.05, 4.69) is 4.99 Å². The number of aliphatic imine (C=N–C) groups is 1. The summed E-state index contributed by atoms with van der Waals surface area (Å²) in [5, 5.41) is 1.39. The van der Waals surface area contributed by atoms with E-state index >= 15 is 0 Å². The number of hydrogen-bond donors (Lipinski definition) is 1. The second kappa shape index (κ2) is 8.49. The predicted molar refractivity (Wildman–Crippen MR) is 115 cm³/mol. The number of ether oxygens (including phenoxy) is 1. The zero-order valence-electron chi connectivity index (χ0n) is 15.9. The van der Waals surface area contributed by atoms with Crippen LogP contribution in [0.3, 0.4) is 0 Å². The van der Waals surface area contributed by atoms with Gasteiger partial charge >= 0.3 is 5.97 Å². The molecule has 3 aromatic rings. The highest BCUT2D eigenvalue weighted by molar-refractivity contribution is 6.32. The van der Waals surface area contributed by atoms with Crippen LogP contribution in [-0.2, 0) is 20.9 Å². The zero-order chi connectivity index (χ0) is 21.1. The molecule has 0 saturated carbocycles. The fourth-order valence-corrected chi connectivity index (χ4v) is 3.37. The van der Waals surface area contributed by atoms with Crippen molar-refractivity contribution in [2.45, 2.75) is 12.6 Å². The summed E-state index contributed by atoms with van der Waals surface area (Å²) < 4.78 is 5.37. The molecule has 0 aliphatic carbocycles. The normalized spacial score (nSPS) is 15.8. The Bertz CT molecular complexity index is 1120. The molecular weight excluding hydrogens is 402 g/mol. The van der Waals surface area contributed by atoms with E-state index in [1.807, 2.05) is 60.7 Å². The summed E-state index contributed by atoms with van der Waals surface area (Å²) in [6, 6.07) is 21.9. The summed E-state index contributed by atoms with van der Waals surface area (Å²) in [4.78, 5) is 30.3. The van der Waals surface area contributed by atoms with E-state index in [9.17, 15) is 9.59 Å². The Labute approximate surface area is 178 Å². The summed E-state index contributed by atoms with van der Waals surface area (Å²) in [6.45, 7) is 0.0307. The van der Waals surface area contributed by atoms with Gasteiger partial charge in [0.2, 0.25) is 6.04 Å². The van der Waals surface area contributed by atoms with Crippen LogP contribution < -0.4 is 10.9 Å². The number of amides is 1. The molecule has 0 radical (unpaired) electrons. The zero-order valence-corrected chi connectivity index (χ0v) is 16.6. The maximum Gasteiger partial charge on any atom is 0.341 e. The third-order valence-electron chi connectivity index (χ3n) is 4.70. The number of nitrogens with two attached hydrogens (primary N) is 1. The molecule has 3 aromatic carbocycles. The summed E-state index contributed by atoms with van der Waals surface area (Å²) in [7, 11) is 0. The lowest BCUT2D eigenvalue weighted by Crippen LogP contribution is -2.46. The first-order valence-electron chi connectivity index (χ1n) is 9.27. The third-order valence-corrected chi connectivity index (χ3v) is 4.93. The van der Waals surface area contributed by atoms with Gasteiger partial charge in [-0.05, 0) is 23.8 Å². The summed E-state index contributed by atoms with van der Waals surface area (Å²) >= 11 is 6.19. The molecule has 4 rings (SSSR count). The molecule has 30 heavy (non-hydrogen) atoms. The molecule has 6 nitrogen and oxygen atoms in total. The Balaban J connectivity index is 1.74. The predicted octanol–water partition coefficient (Wildman–Crippen LogP) is 3.51. The van der Waals surface area contributed by atoms with Crippen molar-refractivity contribution in [1.29, 1.82) is 0 Å². The van der Waals surface area contributed by atoms with Gasteiger partial charge in [-0.25, -0.2) is 15.6 Å². The minimum atomic E-state index is -1.43. The van der Waals surface area contributed by atoms with E-state index in [1.54, 1.807) is 18.2 Å². The lowest BCUT2D eigenvalue weighted by Gasteiger charge is -2.19. The molecule has 1 aliphatic rings. The second-order valence-electron chi connectivity index (χ2n) is 6.71. The largest absolute Gasteiger partial charge is 0.459 e. The van der Waals surface area contributed by atoms with Gasteiger partial charge in [-0.1, -0.05) is 72.3 Å². The van der Waals surface area contributed by atoms with Gasteiger partial charge < -0.3 is 4.74 Å². The van der Waals surface area contributed by atoms with Gasteiger partial charge in [0.15, 0.2) is 0 Å². The van der Waals surface area contributed by atoms with Crippen LogP contribution in [0.25, 0.3) is 0 Å². The number of anilines is 1. The Morgan fingerprint density at radius 1 is 1.03 bits per heavy atom. The topological polar surface area (TPSA) is 85.0 Å². The van der Waals surface area contributed by atoms with E-state index in [4.69, 9.17) is 22.2 Å². The van der Waals surface area contributed by atoms with Crippen molar-refractivity contribution >= 4 is 34.9 Å². The van der Waals surface area contributed by atoms with Crippen LogP contribution in [0.1, 0.15) is 16.7 Å². The van der Waals surface area contributed by atoms with Crippen molar-refractivity contribution in [3.63, 3.8) is 0 Å². The fourth-order valence-electron chi connectivity index (χ4n) is 3.20. The van der Waals surface area contributed by atoms with Crippen LogP contribution in [0.5, 0.6) is 0 Å². The Hall–Kier alpha value is -3.48. The molecule has 0 fully saturated rings. The summed E-state index contributed by atoms with van der Waals surface area (Å²) in [6.07, 6.45) is 0. The summed E-state index contributed by atoms with van der Waals surface area (Å²) in [5.74, 6) is 4.63. The smallest absolute Gasteiger partial charge is 0.341 e. The SMILES string of the molecule is NN1C(=O)C(C(=O)OCc2ccccc2)N=C(c2ccccc2)c2cc(Cl)ccc21. The number of carbonyl (C=O) groups excluding carboxylic acids is 2. The molecular formula is C23H18ClN3O3. The van der Waals surface area contributed by atoms with Gasteiger partial charge in [0.05, 0.1) is 11.4 Å². The van der Waals surface area contributed by atoms with E-state index in [0.717, 1.165) is 16.1 Å². The van der Waals surface area contributed by atoms with Gasteiger partial charge in [0, 0.05) is 16.1 Å². The molecule has 0 spiro atoms. The molecule has 7 heteroatoms. The number of hydrazine groups is 1. The lowest BCUT2D eigenvalue weighted by atomic mass is 10.0. The molecule has 150 valence electrons. The highest BCUT2D eigenvalue weighted by Crippen LogP contribution is 2.29. The Morgan fingerprint density at radius 3 is 2.40 bits per heavy atom. The number of benzene rings is 3. The summed E-state index contributed by atoms with van der Waals surface area (Å²) in [5.41, 5.74) is 2.94. The van der Waals surface area contributed by atoms with Crippen LogP contribution in [-0.4, -0.2) is 23.6 Å². The van der Waals surface area contributed by atoms with Crippen molar-refractivity contribution in [3.05, 3.63) is 101 Å². The van der Waals surface area contributed by atoms with Crippen LogP contribution in [0, 0.1) is 0 Å². The van der Waals surface area contributed by atoms with E-state index in [0.29, 0.717) is 22.0 Å². The monoisotopic (exact) mass is 419 g/mol. The number of rotatable bonds is 4. The first kappa shape index (κ1) is 19.8.